The van der Waals surface area contributed by atoms with Gasteiger partial charge >= 0.3 is 0 Å². The highest BCUT2D eigenvalue weighted by Crippen LogP contribution is 2.35. The van der Waals surface area contributed by atoms with Crippen molar-refractivity contribution in [3.63, 3.8) is 0 Å². The van der Waals surface area contributed by atoms with E-state index in [1.165, 1.54) is 0 Å². The lowest BCUT2D eigenvalue weighted by atomic mass is 9.96. The third-order valence-electron chi connectivity index (χ3n) is 3.94. The van der Waals surface area contributed by atoms with Crippen LogP contribution in [0.4, 0.5) is 0 Å². The minimum Gasteiger partial charge on any atom is -0.271 e. The molecule has 0 amide bonds. The molecule has 2 aliphatic rings. The van der Waals surface area contributed by atoms with E-state index in [0.29, 0.717) is 5.02 Å². The van der Waals surface area contributed by atoms with E-state index in [1.54, 1.807) is 47.8 Å². The Balaban J connectivity index is 1.71. The Labute approximate surface area is 150 Å². The summed E-state index contributed by atoms with van der Waals surface area (Å²) in [6.45, 7) is 0.876. The molecule has 1 heterocycles. The number of sulfonamides is 1. The van der Waals surface area contributed by atoms with E-state index in [-0.39, 0.29) is 16.2 Å². The smallest absolute Gasteiger partial charge is 0.240 e. The number of rotatable bonds is 4. The first-order valence-electron chi connectivity index (χ1n) is 7.66. The third-order valence-corrected chi connectivity index (χ3v) is 8.30. The number of hydrogen-bond donors (Lipinski definition) is 1. The monoisotopic (exact) mass is 390 g/mol. The van der Waals surface area contributed by atoms with Crippen LogP contribution in [-0.4, -0.2) is 36.4 Å². The SMILES string of the molecule is O=S(=O)(N[C@@H]1CCCC[C@@H]1SC1=NCCS1)c1ccc(Cl)cc1. The van der Waals surface area contributed by atoms with Gasteiger partial charge in [0.05, 0.1) is 11.4 Å². The van der Waals surface area contributed by atoms with Crippen molar-refractivity contribution in [3.8, 4) is 0 Å². The molecule has 0 radical (unpaired) electrons. The van der Waals surface area contributed by atoms with Crippen LogP contribution in [-0.2, 0) is 10.0 Å². The summed E-state index contributed by atoms with van der Waals surface area (Å²) in [7, 11) is -3.51. The zero-order valence-corrected chi connectivity index (χ0v) is 15.8. The summed E-state index contributed by atoms with van der Waals surface area (Å²) in [4.78, 5) is 4.75. The van der Waals surface area contributed by atoms with Crippen LogP contribution in [0.5, 0.6) is 0 Å². The van der Waals surface area contributed by atoms with E-state index in [2.05, 4.69) is 9.71 Å². The Kier molecular flexibility index (Phi) is 5.96. The zero-order chi connectivity index (χ0) is 16.3. The molecule has 0 aromatic heterocycles. The Bertz CT molecular complexity index is 676. The van der Waals surface area contributed by atoms with Crippen molar-refractivity contribution in [3.05, 3.63) is 29.3 Å². The first kappa shape index (κ1) is 17.6. The topological polar surface area (TPSA) is 58.5 Å². The highest BCUT2D eigenvalue weighted by atomic mass is 35.5. The summed E-state index contributed by atoms with van der Waals surface area (Å²) in [5.41, 5.74) is 0. The van der Waals surface area contributed by atoms with Gasteiger partial charge in [-0.1, -0.05) is 48.0 Å². The van der Waals surface area contributed by atoms with Crippen molar-refractivity contribution in [2.24, 2.45) is 4.99 Å². The number of thioether (sulfide) groups is 2. The molecule has 0 saturated heterocycles. The second kappa shape index (κ2) is 7.78. The van der Waals surface area contributed by atoms with Gasteiger partial charge < -0.3 is 0 Å². The predicted molar refractivity (Wildman–Crippen MR) is 100 cm³/mol. The lowest BCUT2D eigenvalue weighted by Crippen LogP contribution is -2.44. The predicted octanol–water partition coefficient (Wildman–Crippen LogP) is 3.77. The maximum Gasteiger partial charge on any atom is 0.240 e. The van der Waals surface area contributed by atoms with Gasteiger partial charge in [0.2, 0.25) is 10.0 Å². The second-order valence-electron chi connectivity index (χ2n) is 5.62. The normalized spacial score (nSPS) is 25.3. The van der Waals surface area contributed by atoms with E-state index in [0.717, 1.165) is 42.4 Å². The molecule has 23 heavy (non-hydrogen) atoms. The number of aliphatic imine (C=N–C) groups is 1. The van der Waals surface area contributed by atoms with Crippen molar-refractivity contribution >= 4 is 49.5 Å². The molecule has 0 bridgehead atoms. The van der Waals surface area contributed by atoms with Crippen molar-refractivity contribution in [1.82, 2.24) is 4.72 Å². The maximum atomic E-state index is 12.6. The maximum absolute atomic E-state index is 12.6. The number of nitrogens with zero attached hydrogens (tertiary/aromatic N) is 1. The first-order valence-corrected chi connectivity index (χ1v) is 11.4. The van der Waals surface area contributed by atoms with E-state index < -0.39 is 10.0 Å². The van der Waals surface area contributed by atoms with Gasteiger partial charge in [0.25, 0.3) is 0 Å². The summed E-state index contributed by atoms with van der Waals surface area (Å²) < 4.78 is 29.2. The lowest BCUT2D eigenvalue weighted by Gasteiger charge is -2.31. The van der Waals surface area contributed by atoms with Crippen molar-refractivity contribution in [2.75, 3.05) is 12.3 Å². The highest BCUT2D eigenvalue weighted by molar-refractivity contribution is 8.39. The van der Waals surface area contributed by atoms with Crippen molar-refractivity contribution < 1.29 is 8.42 Å². The van der Waals surface area contributed by atoms with Gasteiger partial charge in [0.1, 0.15) is 4.38 Å². The molecule has 8 heteroatoms. The Morgan fingerprint density at radius 3 is 2.65 bits per heavy atom. The summed E-state index contributed by atoms with van der Waals surface area (Å²) in [6.07, 6.45) is 4.11. The van der Waals surface area contributed by atoms with Crippen LogP contribution >= 0.6 is 35.1 Å². The molecule has 3 rings (SSSR count). The largest absolute Gasteiger partial charge is 0.271 e. The van der Waals surface area contributed by atoms with Crippen LogP contribution in [0.3, 0.4) is 0 Å². The molecule has 1 saturated carbocycles. The van der Waals surface area contributed by atoms with Crippen molar-refractivity contribution in [2.45, 2.75) is 41.9 Å². The molecule has 2 atom stereocenters. The van der Waals surface area contributed by atoms with Gasteiger partial charge in [-0.25, -0.2) is 13.1 Å². The molecule has 4 nitrogen and oxygen atoms in total. The third kappa shape index (κ3) is 4.66. The van der Waals surface area contributed by atoms with Crippen LogP contribution in [0, 0.1) is 0 Å². The van der Waals surface area contributed by atoms with Crippen molar-refractivity contribution in [1.29, 1.82) is 0 Å². The van der Waals surface area contributed by atoms with Crippen LogP contribution in [0.2, 0.25) is 5.02 Å². The fourth-order valence-corrected chi connectivity index (χ4v) is 6.80. The van der Waals surface area contributed by atoms with E-state index >= 15 is 0 Å². The average molecular weight is 391 g/mol. The quantitative estimate of drug-likeness (QED) is 0.850. The number of halogens is 1. The van der Waals surface area contributed by atoms with Crippen LogP contribution in [0.15, 0.2) is 34.2 Å². The van der Waals surface area contributed by atoms with E-state index in [1.807, 2.05) is 0 Å². The second-order valence-corrected chi connectivity index (χ2v) is 10.3. The van der Waals surface area contributed by atoms with Gasteiger partial charge in [0.15, 0.2) is 0 Å². The summed E-state index contributed by atoms with van der Waals surface area (Å²) >= 11 is 9.35. The summed E-state index contributed by atoms with van der Waals surface area (Å²) in [6, 6.07) is 6.26. The fourth-order valence-electron chi connectivity index (χ4n) is 2.77. The summed E-state index contributed by atoms with van der Waals surface area (Å²) in [5.74, 6) is 1.04. The molecule has 126 valence electrons. The molecule has 1 N–H and O–H groups in total. The van der Waals surface area contributed by atoms with E-state index in [4.69, 9.17) is 11.6 Å². The Morgan fingerprint density at radius 1 is 1.22 bits per heavy atom. The molecule has 1 aromatic rings. The molecule has 1 fully saturated rings. The van der Waals surface area contributed by atoms with E-state index in [9.17, 15) is 8.42 Å². The molecule has 1 aromatic carbocycles. The molecular weight excluding hydrogens is 372 g/mol. The lowest BCUT2D eigenvalue weighted by molar-refractivity contribution is 0.424. The first-order chi connectivity index (χ1) is 11.0. The number of nitrogens with one attached hydrogen (secondary N) is 1. The Hall–Kier alpha value is -0.210. The molecular formula is C15H19ClN2O2S3. The van der Waals surface area contributed by atoms with Crippen LogP contribution in [0.25, 0.3) is 0 Å². The Morgan fingerprint density at radius 2 is 1.96 bits per heavy atom. The number of hydrogen-bond acceptors (Lipinski definition) is 5. The molecule has 1 aliphatic carbocycles. The van der Waals surface area contributed by atoms with Gasteiger partial charge in [-0.05, 0) is 37.1 Å². The molecule has 0 spiro atoms. The highest BCUT2D eigenvalue weighted by Gasteiger charge is 2.31. The molecule has 0 unspecified atom stereocenters. The number of benzene rings is 1. The fraction of sp³-hybridized carbons (Fsp3) is 0.533. The average Bonchev–Trinajstić information content (AvgIpc) is 3.02. The van der Waals surface area contributed by atoms with Gasteiger partial charge in [-0.15, -0.1) is 0 Å². The van der Waals surface area contributed by atoms with Crippen LogP contribution in [0.1, 0.15) is 25.7 Å². The van der Waals surface area contributed by atoms with Gasteiger partial charge in [-0.3, -0.25) is 4.99 Å². The minimum absolute atomic E-state index is 0.0432. The zero-order valence-electron chi connectivity index (χ0n) is 12.6. The van der Waals surface area contributed by atoms with Crippen LogP contribution < -0.4 is 4.72 Å². The summed E-state index contributed by atoms with van der Waals surface area (Å²) in [5, 5.41) is 0.793. The van der Waals surface area contributed by atoms with Gasteiger partial charge in [0, 0.05) is 22.1 Å². The minimum atomic E-state index is -3.51. The van der Waals surface area contributed by atoms with Gasteiger partial charge in [-0.2, -0.15) is 0 Å². The standard InChI is InChI=1S/C15H19ClN2O2S3/c16-11-5-7-12(8-6-11)23(19,20)18-13-3-1-2-4-14(13)22-15-17-9-10-21-15/h5-8,13-14,18H,1-4,9-10H2/t13-,14+/m1/s1. The molecule has 1 aliphatic heterocycles.